The lowest BCUT2D eigenvalue weighted by Gasteiger charge is -2.48. The molecule has 1 aliphatic rings. The topological polar surface area (TPSA) is 564 Å². The first-order chi connectivity index (χ1) is 51.9. The molecule has 23 N–H and O–H groups in total. The number of aliphatic hydroxyl groups excluding tert-OH is 20. The molecule has 1 heterocycles. The predicted molar refractivity (Wildman–Crippen MR) is 398 cm³/mol. The van der Waals surface area contributed by atoms with Gasteiger partial charge in [-0.25, -0.2) is 0 Å². The molecule has 2 unspecified atom stereocenters. The minimum absolute atomic E-state index is 0.0766. The highest BCUT2D eigenvalue weighted by Gasteiger charge is 2.58. The Balaban J connectivity index is 4.07. The molecule has 33 nitrogen and oxygen atoms in total. The number of ketones is 1. The smallest absolute Gasteiger partial charge is 0.273 e. The van der Waals surface area contributed by atoms with E-state index < -0.39 is 245 Å². The third-order valence-electron chi connectivity index (χ3n) is 18.5. The lowest BCUT2D eigenvalue weighted by Crippen LogP contribution is -2.68. The van der Waals surface area contributed by atoms with E-state index in [2.05, 4.69) is 24.5 Å². The minimum atomic E-state index is -3.18. The van der Waals surface area contributed by atoms with Gasteiger partial charge in [0.2, 0.25) is 48.1 Å². The van der Waals surface area contributed by atoms with E-state index >= 15 is 0 Å². The van der Waals surface area contributed by atoms with Crippen molar-refractivity contribution in [3.63, 3.8) is 0 Å². The summed E-state index contributed by atoms with van der Waals surface area (Å²) in [4.78, 5) is 53.7. The Morgan fingerprint density at radius 1 is 0.532 bits per heavy atom. The van der Waals surface area contributed by atoms with Gasteiger partial charge in [0.25, 0.3) is 12.1 Å². The van der Waals surface area contributed by atoms with Crippen molar-refractivity contribution in [1.82, 2.24) is 16.0 Å². The number of Topliss-reactive ketones (excluding diaryl/α,β-unsaturated/α-hetero) is 1. The number of nitrogens with one attached hydrogen (secondary N) is 3. The molecule has 0 bridgehead atoms. The van der Waals surface area contributed by atoms with Crippen LogP contribution in [0.2, 0.25) is 0 Å². The van der Waals surface area contributed by atoms with E-state index in [1.165, 1.54) is 116 Å². The van der Waals surface area contributed by atoms with Crippen molar-refractivity contribution < 1.29 is 150 Å². The van der Waals surface area contributed by atoms with Crippen LogP contribution in [-0.2, 0) is 47.6 Å². The first-order valence-corrected chi connectivity index (χ1v) is 39.2. The highest BCUT2D eigenvalue weighted by molar-refractivity contribution is 5.88. The standard InChI is InChI=1S/C76H137N3O30/c1-7-9-11-13-15-17-19-21-22-24-26-28-30-32-34-36-59(92)79-51(52(87)35-33-31-29-27-25-23-20-18-16-14-12-10-8-2)47-104-73(101)66(97)64(95)57(39-43-82)105-75(103)67(98)69(108-76(71(99)48(3)4)45-55(90)60(77-49(5)85)70(109-76)63(94)56(91)46-84)58(40-44-83)106-72(100)61(78-50(6)86)68(54(89)38-42-81)107-74(102)65(96)62(93)53(88)37-41-80/h33,35,48,51-58,60,63,70,72-75,80-84,87-91,93-98,100-103H,7-32,34,36-47H2,1-6H3,(H,77,85)(H,78,86)(H,79,92)/b35-33+,65-62+,66-64+,68-61+,69-67+/t51-,52+,53+,54+,55?,56-,57-,58+,60-,63-,70?,72+,73+,74+,75+,76-/m1/s1. The van der Waals surface area contributed by atoms with Crippen LogP contribution in [0.3, 0.4) is 0 Å². The van der Waals surface area contributed by atoms with Crippen molar-refractivity contribution in [1.29, 1.82) is 0 Å². The van der Waals surface area contributed by atoms with Gasteiger partial charge in [0.1, 0.15) is 48.4 Å². The van der Waals surface area contributed by atoms with Gasteiger partial charge in [0.15, 0.2) is 34.6 Å². The molecule has 109 heavy (non-hydrogen) atoms. The zero-order valence-corrected chi connectivity index (χ0v) is 65.0. The number of carbonyl (C=O) groups excluding carboxylic acids is 4. The molecule has 0 aromatic rings. The van der Waals surface area contributed by atoms with Crippen molar-refractivity contribution in [2.24, 2.45) is 5.92 Å². The Kier molecular flexibility index (Phi) is 54.5. The fraction of sp³-hybridized carbons (Fsp3) is 0.816. The van der Waals surface area contributed by atoms with Crippen molar-refractivity contribution in [2.75, 3.05) is 39.6 Å². The quantitative estimate of drug-likeness (QED) is 0.0169. The maximum Gasteiger partial charge on any atom is 0.273 e. The van der Waals surface area contributed by atoms with Gasteiger partial charge in [0, 0.05) is 84.7 Å². The number of unbranched alkanes of at least 4 members (excludes halogenated alkanes) is 25. The predicted octanol–water partition coefficient (Wildman–Crippen LogP) is 4.76. The van der Waals surface area contributed by atoms with Crippen LogP contribution in [0.5, 0.6) is 0 Å². The molecule has 1 fully saturated rings. The number of ether oxygens (including phenoxy) is 6. The van der Waals surface area contributed by atoms with Gasteiger partial charge in [-0.1, -0.05) is 194 Å². The highest BCUT2D eigenvalue weighted by atomic mass is 16.7. The van der Waals surface area contributed by atoms with Crippen molar-refractivity contribution in [2.45, 2.75) is 351 Å². The third-order valence-corrected chi connectivity index (χ3v) is 18.5. The van der Waals surface area contributed by atoms with Gasteiger partial charge < -0.3 is 147 Å². The molecule has 1 aliphatic heterocycles. The summed E-state index contributed by atoms with van der Waals surface area (Å²) in [5.41, 5.74) is -1.18. The summed E-state index contributed by atoms with van der Waals surface area (Å²) < 4.78 is 34.6. The molecule has 0 aromatic carbocycles. The van der Waals surface area contributed by atoms with Crippen LogP contribution in [0.4, 0.5) is 0 Å². The maximum atomic E-state index is 14.8. The number of allylic oxidation sites excluding steroid dienone is 1. The van der Waals surface area contributed by atoms with Crippen LogP contribution in [-0.4, -0.2) is 263 Å². The second kappa shape index (κ2) is 58.5. The van der Waals surface area contributed by atoms with Crippen LogP contribution < -0.4 is 16.0 Å². The molecule has 1 saturated heterocycles. The second-order valence-electron chi connectivity index (χ2n) is 28.3. The summed E-state index contributed by atoms with van der Waals surface area (Å²) in [6.45, 7) is 2.96. The molecule has 0 aliphatic carbocycles. The number of rotatable bonds is 65. The van der Waals surface area contributed by atoms with Crippen LogP contribution in [0, 0.1) is 5.92 Å². The Morgan fingerprint density at radius 3 is 1.48 bits per heavy atom. The molecular weight excluding hydrogens is 1430 g/mol. The summed E-state index contributed by atoms with van der Waals surface area (Å²) in [6, 6.07) is -3.03. The lowest BCUT2D eigenvalue weighted by atomic mass is 9.85. The van der Waals surface area contributed by atoms with E-state index in [1.807, 2.05) is 5.32 Å². The molecule has 16 atom stereocenters. The molecule has 1 rings (SSSR count). The normalized spacial score (nSPS) is 20.6. The molecule has 0 saturated carbocycles. The van der Waals surface area contributed by atoms with Gasteiger partial charge in [0.05, 0.1) is 37.5 Å². The molecule has 33 heteroatoms. The van der Waals surface area contributed by atoms with Crippen molar-refractivity contribution in [3.05, 3.63) is 58.2 Å². The van der Waals surface area contributed by atoms with Crippen LogP contribution in [0.25, 0.3) is 0 Å². The number of hydrogen-bond acceptors (Lipinski definition) is 30. The Hall–Kier alpha value is -5.38. The molecule has 0 radical (unpaired) electrons. The first kappa shape index (κ1) is 102. The molecule has 0 aromatic heterocycles. The van der Waals surface area contributed by atoms with Crippen molar-refractivity contribution >= 4 is 23.5 Å². The monoisotopic (exact) mass is 1570 g/mol. The summed E-state index contributed by atoms with van der Waals surface area (Å²) >= 11 is 0. The fourth-order valence-corrected chi connectivity index (χ4v) is 12.3. The largest absolute Gasteiger partial charge is 0.506 e. The Morgan fingerprint density at radius 2 is 1.00 bits per heavy atom. The number of aliphatic hydroxyl groups is 20. The van der Waals surface area contributed by atoms with E-state index in [4.69, 9.17) is 28.4 Å². The highest BCUT2D eigenvalue weighted by Crippen LogP contribution is 2.40. The van der Waals surface area contributed by atoms with Crippen LogP contribution in [0.15, 0.2) is 58.2 Å². The summed E-state index contributed by atoms with van der Waals surface area (Å²) in [7, 11) is 0. The van der Waals surface area contributed by atoms with Gasteiger partial charge in [-0.15, -0.1) is 0 Å². The summed E-state index contributed by atoms with van der Waals surface area (Å²) in [5, 5.41) is 227. The number of carbonyl (C=O) groups is 4. The second-order valence-corrected chi connectivity index (χ2v) is 28.3. The minimum Gasteiger partial charge on any atom is -0.506 e. The van der Waals surface area contributed by atoms with Crippen LogP contribution in [0.1, 0.15) is 253 Å². The summed E-state index contributed by atoms with van der Waals surface area (Å²) in [5.74, 6) is -18.4. The van der Waals surface area contributed by atoms with Gasteiger partial charge in [-0.3, -0.25) is 19.2 Å². The lowest BCUT2D eigenvalue weighted by molar-refractivity contribution is -0.299. The Labute approximate surface area is 642 Å². The molecular formula is C76H137N3O30. The fourth-order valence-electron chi connectivity index (χ4n) is 12.3. The van der Waals surface area contributed by atoms with Gasteiger partial charge in [-0.05, 0) is 19.3 Å². The van der Waals surface area contributed by atoms with E-state index in [9.17, 15) is 121 Å². The Bertz CT molecular complexity index is 2660. The average Bonchev–Trinajstić information content (AvgIpc) is 0.752. The number of hydrogen-bond donors (Lipinski definition) is 23. The maximum absolute atomic E-state index is 14.8. The molecule has 3 amide bonds. The van der Waals surface area contributed by atoms with Gasteiger partial charge >= 0.3 is 0 Å². The molecule has 0 spiro atoms. The van der Waals surface area contributed by atoms with E-state index in [-0.39, 0.29) is 6.42 Å². The average molecular weight is 1570 g/mol. The third kappa shape index (κ3) is 39.3. The van der Waals surface area contributed by atoms with Crippen molar-refractivity contribution in [3.8, 4) is 0 Å². The van der Waals surface area contributed by atoms with E-state index in [1.54, 1.807) is 6.08 Å². The molecule has 636 valence electrons. The zero-order valence-electron chi connectivity index (χ0n) is 65.0. The number of amides is 3. The van der Waals surface area contributed by atoms with Crippen LogP contribution >= 0.6 is 0 Å². The zero-order chi connectivity index (χ0) is 82.0. The summed E-state index contributed by atoms with van der Waals surface area (Å²) in [6.07, 6.45) is -1.96. The van der Waals surface area contributed by atoms with Gasteiger partial charge in [-0.2, -0.15) is 0 Å². The SMILES string of the molecule is CCCCCCCCCCCCC/C=C/[C@H](O)[C@@H](CO[C@H](O)/C(O)=C(\O)[C@@H](CCO)O[C@H](O)/C(O)=C(\O[C@]1(C(=O)C(C)C)CC(O)[C@@H](NC(C)=O)C([C@H](O)[C@H](O)CO)O1)[C@H](CCO)O[C@H](O)/C(NC(C)=O)=C(\O[C@H](O)/C(O)=C(\O)[C@@H](O)CCO)[C@@H](O)CCO)NC(=O)CCCCCCCCCCCCCCCCC. The van der Waals surface area contributed by atoms with E-state index in [0.717, 1.165) is 78.1 Å². The van der Waals surface area contributed by atoms with E-state index in [0.29, 0.717) is 12.8 Å². The first-order valence-electron chi connectivity index (χ1n) is 39.2.